The molecule has 8 heteroatoms. The van der Waals surface area contributed by atoms with Crippen molar-refractivity contribution in [2.75, 3.05) is 26.7 Å². The van der Waals surface area contributed by atoms with E-state index < -0.39 is 5.72 Å². The van der Waals surface area contributed by atoms with E-state index >= 15 is 0 Å². The van der Waals surface area contributed by atoms with Gasteiger partial charge in [0.05, 0.1) is 6.20 Å². The summed E-state index contributed by atoms with van der Waals surface area (Å²) in [6.45, 7) is 1.23. The molecule has 3 heterocycles. The van der Waals surface area contributed by atoms with Crippen LogP contribution in [0.25, 0.3) is 11.3 Å². The second kappa shape index (κ2) is 7.35. The lowest BCUT2D eigenvalue weighted by Crippen LogP contribution is -2.53. The van der Waals surface area contributed by atoms with Crippen molar-refractivity contribution in [2.24, 2.45) is 0 Å². The van der Waals surface area contributed by atoms with E-state index in [0.29, 0.717) is 50.4 Å². The topological polar surface area (TPSA) is 75.9 Å². The van der Waals surface area contributed by atoms with Crippen LogP contribution < -0.4 is 0 Å². The summed E-state index contributed by atoms with van der Waals surface area (Å²) in [5, 5.41) is 0. The van der Waals surface area contributed by atoms with Gasteiger partial charge < -0.3 is 19.0 Å². The van der Waals surface area contributed by atoms with Crippen LogP contribution in [0.5, 0.6) is 0 Å². The number of likely N-dealkylation sites (tertiary alicyclic amines) is 1. The largest absolute Gasteiger partial charge is 0.441 e. The van der Waals surface area contributed by atoms with E-state index in [-0.39, 0.29) is 24.2 Å². The lowest BCUT2D eigenvalue weighted by Gasteiger charge is -2.42. The molecule has 28 heavy (non-hydrogen) atoms. The summed E-state index contributed by atoms with van der Waals surface area (Å²) in [4.78, 5) is 31.9. The molecule has 1 aromatic heterocycles. The maximum absolute atomic E-state index is 13.0. The van der Waals surface area contributed by atoms with Gasteiger partial charge in [-0.2, -0.15) is 0 Å². The standard InChI is InChI=1S/C20H22FN3O4/c1-23-19(26)13-27-20(23)8-10-24(11-9-20)18(25)7-6-17-22-12-16(28-17)14-2-4-15(21)5-3-14/h2-5,12H,6-11,13H2,1H3. The molecule has 2 aromatic rings. The highest BCUT2D eigenvalue weighted by Crippen LogP contribution is 2.33. The van der Waals surface area contributed by atoms with Crippen LogP contribution >= 0.6 is 0 Å². The number of halogens is 1. The van der Waals surface area contributed by atoms with Crippen LogP contribution in [0.15, 0.2) is 34.9 Å². The van der Waals surface area contributed by atoms with Crippen LogP contribution in [-0.4, -0.2) is 59.1 Å². The smallest absolute Gasteiger partial charge is 0.250 e. The number of carbonyl (C=O) groups excluding carboxylic acids is 2. The molecule has 0 unspecified atom stereocenters. The molecule has 1 spiro atoms. The average Bonchev–Trinajstić information content (AvgIpc) is 3.29. The normalized spacial score (nSPS) is 18.9. The van der Waals surface area contributed by atoms with Crippen LogP contribution in [0.4, 0.5) is 4.39 Å². The highest BCUT2D eigenvalue weighted by atomic mass is 19.1. The predicted octanol–water partition coefficient (Wildman–Crippen LogP) is 2.22. The molecule has 2 fully saturated rings. The molecule has 2 saturated heterocycles. The average molecular weight is 387 g/mol. The van der Waals surface area contributed by atoms with E-state index in [0.717, 1.165) is 5.56 Å². The Hall–Kier alpha value is -2.74. The number of rotatable bonds is 4. The Morgan fingerprint density at radius 2 is 1.96 bits per heavy atom. The maximum Gasteiger partial charge on any atom is 0.250 e. The molecule has 0 radical (unpaired) electrons. The third-order valence-electron chi connectivity index (χ3n) is 5.58. The lowest BCUT2D eigenvalue weighted by atomic mass is 9.99. The molecule has 7 nitrogen and oxygen atoms in total. The lowest BCUT2D eigenvalue weighted by molar-refractivity contribution is -0.146. The number of aromatic nitrogens is 1. The summed E-state index contributed by atoms with van der Waals surface area (Å²) in [6.07, 6.45) is 3.52. The quantitative estimate of drug-likeness (QED) is 0.804. The number of oxazole rings is 1. The van der Waals surface area contributed by atoms with Crippen LogP contribution in [0, 0.1) is 5.82 Å². The number of nitrogens with zero attached hydrogens (tertiary/aromatic N) is 3. The van der Waals surface area contributed by atoms with Gasteiger partial charge in [0.15, 0.2) is 11.7 Å². The minimum Gasteiger partial charge on any atom is -0.441 e. The van der Waals surface area contributed by atoms with Crippen LogP contribution in [0.1, 0.15) is 25.2 Å². The number of piperidine rings is 1. The first-order valence-electron chi connectivity index (χ1n) is 9.36. The van der Waals surface area contributed by atoms with Crippen LogP contribution in [0.3, 0.4) is 0 Å². The van der Waals surface area contributed by atoms with Crippen molar-refractivity contribution in [3.05, 3.63) is 42.2 Å². The van der Waals surface area contributed by atoms with Gasteiger partial charge in [0.2, 0.25) is 5.91 Å². The molecule has 4 rings (SSSR count). The van der Waals surface area contributed by atoms with Gasteiger partial charge in [-0.05, 0) is 24.3 Å². The van der Waals surface area contributed by atoms with Gasteiger partial charge in [-0.15, -0.1) is 0 Å². The Kier molecular flexibility index (Phi) is 4.89. The van der Waals surface area contributed by atoms with Gasteiger partial charge in [0.25, 0.3) is 5.91 Å². The van der Waals surface area contributed by atoms with Crippen molar-refractivity contribution in [1.82, 2.24) is 14.8 Å². The Morgan fingerprint density at radius 3 is 2.61 bits per heavy atom. The molecular weight excluding hydrogens is 365 g/mol. The summed E-state index contributed by atoms with van der Waals surface area (Å²) in [5.74, 6) is 0.735. The van der Waals surface area contributed by atoms with E-state index in [1.54, 1.807) is 35.2 Å². The molecular formula is C20H22FN3O4. The van der Waals surface area contributed by atoms with E-state index in [1.807, 2.05) is 0 Å². The molecule has 2 aliphatic rings. The Bertz CT molecular complexity index is 872. The maximum atomic E-state index is 13.0. The predicted molar refractivity (Wildman–Crippen MR) is 97.5 cm³/mol. The first kappa shape index (κ1) is 18.6. The summed E-state index contributed by atoms with van der Waals surface area (Å²) in [5.41, 5.74) is 0.184. The third kappa shape index (κ3) is 3.52. The van der Waals surface area contributed by atoms with Gasteiger partial charge >= 0.3 is 0 Å². The summed E-state index contributed by atoms with van der Waals surface area (Å²) in [6, 6.07) is 5.98. The van der Waals surface area contributed by atoms with Gasteiger partial charge in [-0.3, -0.25) is 9.59 Å². The van der Waals surface area contributed by atoms with Gasteiger partial charge in [-0.25, -0.2) is 9.37 Å². The zero-order chi connectivity index (χ0) is 19.7. The van der Waals surface area contributed by atoms with Gasteiger partial charge in [0.1, 0.15) is 18.1 Å². The highest BCUT2D eigenvalue weighted by molar-refractivity contribution is 5.80. The van der Waals surface area contributed by atoms with Crippen molar-refractivity contribution < 1.29 is 23.1 Å². The zero-order valence-electron chi connectivity index (χ0n) is 15.7. The van der Waals surface area contributed by atoms with Crippen LogP contribution in [0.2, 0.25) is 0 Å². The monoisotopic (exact) mass is 387 g/mol. The van der Waals surface area contributed by atoms with Crippen molar-refractivity contribution in [1.29, 1.82) is 0 Å². The molecule has 0 aliphatic carbocycles. The van der Waals surface area contributed by atoms with E-state index in [4.69, 9.17) is 9.15 Å². The number of ether oxygens (including phenoxy) is 1. The number of hydrogen-bond donors (Lipinski definition) is 0. The fourth-order valence-corrected chi connectivity index (χ4v) is 3.75. The Labute approximate surface area is 162 Å². The molecule has 0 saturated carbocycles. The fraction of sp³-hybridized carbons (Fsp3) is 0.450. The van der Waals surface area contributed by atoms with E-state index in [1.165, 1.54) is 12.1 Å². The molecule has 0 bridgehead atoms. The van der Waals surface area contributed by atoms with Crippen LogP contribution in [-0.2, 0) is 20.7 Å². The molecule has 0 N–H and O–H groups in total. The van der Waals surface area contributed by atoms with Crippen molar-refractivity contribution in [3.8, 4) is 11.3 Å². The Morgan fingerprint density at radius 1 is 1.25 bits per heavy atom. The zero-order valence-corrected chi connectivity index (χ0v) is 15.7. The number of likely N-dealkylation sites (N-methyl/N-ethyl adjacent to an activating group) is 1. The minimum absolute atomic E-state index is 0.0133. The second-order valence-corrected chi connectivity index (χ2v) is 7.19. The van der Waals surface area contributed by atoms with Gasteiger partial charge in [-0.1, -0.05) is 0 Å². The highest BCUT2D eigenvalue weighted by Gasteiger charge is 2.46. The molecule has 2 amide bonds. The van der Waals surface area contributed by atoms with Crippen molar-refractivity contribution in [3.63, 3.8) is 0 Å². The number of hydrogen-bond acceptors (Lipinski definition) is 5. The van der Waals surface area contributed by atoms with E-state index in [9.17, 15) is 14.0 Å². The second-order valence-electron chi connectivity index (χ2n) is 7.19. The SMILES string of the molecule is CN1C(=O)COC12CCN(C(=O)CCc1ncc(-c3ccc(F)cc3)o1)CC2. The minimum atomic E-state index is -0.555. The van der Waals surface area contributed by atoms with Crippen molar-refractivity contribution in [2.45, 2.75) is 31.4 Å². The Balaban J connectivity index is 1.30. The fourth-order valence-electron chi connectivity index (χ4n) is 3.75. The number of benzene rings is 1. The first-order valence-corrected chi connectivity index (χ1v) is 9.36. The summed E-state index contributed by atoms with van der Waals surface area (Å²) >= 11 is 0. The van der Waals surface area contributed by atoms with Gasteiger partial charge in [0, 0.05) is 51.4 Å². The summed E-state index contributed by atoms with van der Waals surface area (Å²) < 4.78 is 24.4. The summed E-state index contributed by atoms with van der Waals surface area (Å²) in [7, 11) is 1.76. The first-order chi connectivity index (χ1) is 13.5. The number of aryl methyl sites for hydroxylation is 1. The molecule has 0 atom stereocenters. The molecule has 148 valence electrons. The number of amides is 2. The number of carbonyl (C=O) groups is 2. The molecule has 2 aliphatic heterocycles. The molecule has 1 aromatic carbocycles. The van der Waals surface area contributed by atoms with E-state index in [2.05, 4.69) is 4.98 Å². The van der Waals surface area contributed by atoms with Crippen molar-refractivity contribution >= 4 is 11.8 Å². The third-order valence-corrected chi connectivity index (χ3v) is 5.58.